The van der Waals surface area contributed by atoms with Gasteiger partial charge in [-0.05, 0) is 37.8 Å². The minimum Gasteiger partial charge on any atom is -0.208 e. The Morgan fingerprint density at radius 1 is 1.18 bits per heavy atom. The monoisotopic (exact) mass is 255 g/mol. The lowest BCUT2D eigenvalue weighted by atomic mass is 10.1. The molecule has 0 bridgehead atoms. The Bertz CT molecular complexity index is 466. The largest absolute Gasteiger partial charge is 0.241 e. The van der Waals surface area contributed by atoms with Gasteiger partial charge in [0.05, 0.1) is 4.90 Å². The van der Waals surface area contributed by atoms with E-state index in [0.717, 1.165) is 12.0 Å². The minimum absolute atomic E-state index is 0.0420. The second kappa shape index (κ2) is 5.65. The molecule has 0 aliphatic rings. The van der Waals surface area contributed by atoms with Crippen molar-refractivity contribution in [1.82, 2.24) is 4.72 Å². The Morgan fingerprint density at radius 2 is 1.76 bits per heavy atom. The minimum atomic E-state index is -3.39. The van der Waals surface area contributed by atoms with Gasteiger partial charge in [0.15, 0.2) is 0 Å². The van der Waals surface area contributed by atoms with Crippen LogP contribution < -0.4 is 4.72 Å². The van der Waals surface area contributed by atoms with E-state index >= 15 is 0 Å². The van der Waals surface area contributed by atoms with Crippen molar-refractivity contribution in [2.45, 2.75) is 45.1 Å². The average Bonchev–Trinajstić information content (AvgIpc) is 2.15. The van der Waals surface area contributed by atoms with Crippen LogP contribution in [0.1, 0.15) is 32.8 Å². The molecule has 4 heteroatoms. The summed E-state index contributed by atoms with van der Waals surface area (Å²) in [5.41, 5.74) is 0.775. The lowest BCUT2D eigenvalue weighted by Crippen LogP contribution is -2.33. The normalized spacial score (nSPS) is 13.9. The molecule has 0 radical (unpaired) electrons. The van der Waals surface area contributed by atoms with Gasteiger partial charge in [0.2, 0.25) is 10.0 Å². The second-order valence-electron chi connectivity index (χ2n) is 4.92. The molecule has 0 fully saturated rings. The van der Waals surface area contributed by atoms with Crippen molar-refractivity contribution in [2.24, 2.45) is 5.92 Å². The van der Waals surface area contributed by atoms with E-state index in [0.29, 0.717) is 10.8 Å². The highest BCUT2D eigenvalue weighted by atomic mass is 32.2. The van der Waals surface area contributed by atoms with Crippen LogP contribution in [0.2, 0.25) is 0 Å². The molecule has 0 saturated carbocycles. The van der Waals surface area contributed by atoms with Crippen molar-refractivity contribution in [3.63, 3.8) is 0 Å². The quantitative estimate of drug-likeness (QED) is 0.879. The second-order valence-corrected chi connectivity index (χ2v) is 6.60. The maximum atomic E-state index is 12.1. The fourth-order valence-corrected chi connectivity index (χ4v) is 3.44. The molecule has 1 N–H and O–H groups in total. The van der Waals surface area contributed by atoms with E-state index in [-0.39, 0.29) is 6.04 Å². The predicted octanol–water partition coefficient (Wildman–Crippen LogP) is 2.71. The van der Waals surface area contributed by atoms with E-state index in [9.17, 15) is 8.42 Å². The number of aryl methyl sites for hydroxylation is 1. The van der Waals surface area contributed by atoms with E-state index in [2.05, 4.69) is 18.6 Å². The predicted molar refractivity (Wildman–Crippen MR) is 70.4 cm³/mol. The summed E-state index contributed by atoms with van der Waals surface area (Å²) in [7, 11) is -3.39. The van der Waals surface area contributed by atoms with Crippen molar-refractivity contribution in [1.29, 1.82) is 0 Å². The summed E-state index contributed by atoms with van der Waals surface area (Å²) in [6.07, 6.45) is 0.838. The average molecular weight is 255 g/mol. The summed E-state index contributed by atoms with van der Waals surface area (Å²) in [4.78, 5) is 0.371. The molecule has 1 aromatic rings. The number of rotatable bonds is 5. The van der Waals surface area contributed by atoms with Gasteiger partial charge in [-0.1, -0.05) is 32.0 Å². The van der Waals surface area contributed by atoms with Crippen LogP contribution in [0.4, 0.5) is 0 Å². The molecule has 0 heterocycles. The molecule has 17 heavy (non-hydrogen) atoms. The van der Waals surface area contributed by atoms with E-state index < -0.39 is 10.0 Å². The van der Waals surface area contributed by atoms with Crippen LogP contribution in [0.5, 0.6) is 0 Å². The van der Waals surface area contributed by atoms with E-state index in [4.69, 9.17) is 0 Å². The van der Waals surface area contributed by atoms with E-state index in [1.807, 2.05) is 26.0 Å². The number of benzene rings is 1. The zero-order chi connectivity index (χ0) is 13.1. The van der Waals surface area contributed by atoms with Gasteiger partial charge < -0.3 is 0 Å². The molecule has 0 unspecified atom stereocenters. The van der Waals surface area contributed by atoms with Crippen LogP contribution in [0.15, 0.2) is 29.2 Å². The number of nitrogens with one attached hydrogen (secondary N) is 1. The van der Waals surface area contributed by atoms with Crippen LogP contribution in [0, 0.1) is 12.8 Å². The molecule has 96 valence electrons. The van der Waals surface area contributed by atoms with Crippen molar-refractivity contribution in [3.05, 3.63) is 29.8 Å². The number of sulfonamides is 1. The molecule has 0 aromatic heterocycles. The highest BCUT2D eigenvalue weighted by Gasteiger charge is 2.19. The maximum Gasteiger partial charge on any atom is 0.241 e. The molecule has 1 rings (SSSR count). The van der Waals surface area contributed by atoms with E-state index in [1.165, 1.54) is 0 Å². The molecule has 3 nitrogen and oxygen atoms in total. The van der Waals surface area contributed by atoms with Gasteiger partial charge in [-0.15, -0.1) is 0 Å². The Labute approximate surface area is 104 Å². The summed E-state index contributed by atoms with van der Waals surface area (Å²) in [5.74, 6) is 0.476. The molecule has 0 saturated heterocycles. The van der Waals surface area contributed by atoms with Crippen LogP contribution in [0.3, 0.4) is 0 Å². The standard InChI is InChI=1S/C13H21NO2S/c1-10(2)9-12(4)14-17(15,16)13-8-6-5-7-11(13)3/h5-8,10,12,14H,9H2,1-4H3/t12-/m0/s1. The van der Waals surface area contributed by atoms with Gasteiger partial charge in [0.1, 0.15) is 0 Å². The van der Waals surface area contributed by atoms with Gasteiger partial charge in [-0.2, -0.15) is 0 Å². The lowest BCUT2D eigenvalue weighted by molar-refractivity contribution is 0.482. The van der Waals surface area contributed by atoms with Gasteiger partial charge >= 0.3 is 0 Å². The Balaban J connectivity index is 2.86. The molecule has 1 atom stereocenters. The third-order valence-electron chi connectivity index (χ3n) is 2.56. The summed E-state index contributed by atoms with van der Waals surface area (Å²) in [5, 5.41) is 0. The van der Waals surface area contributed by atoms with Crippen molar-refractivity contribution >= 4 is 10.0 Å². The third kappa shape index (κ3) is 4.13. The third-order valence-corrected chi connectivity index (χ3v) is 4.31. The fourth-order valence-electron chi connectivity index (χ4n) is 1.94. The molecular formula is C13H21NO2S. The molecular weight excluding hydrogens is 234 g/mol. The van der Waals surface area contributed by atoms with Crippen LogP contribution >= 0.6 is 0 Å². The highest BCUT2D eigenvalue weighted by molar-refractivity contribution is 7.89. The van der Waals surface area contributed by atoms with Gasteiger partial charge in [0, 0.05) is 6.04 Å². The van der Waals surface area contributed by atoms with Gasteiger partial charge in [-0.3, -0.25) is 0 Å². The van der Waals surface area contributed by atoms with Gasteiger partial charge in [-0.25, -0.2) is 13.1 Å². The first-order chi connectivity index (χ1) is 7.83. The Hall–Kier alpha value is -0.870. The topological polar surface area (TPSA) is 46.2 Å². The fraction of sp³-hybridized carbons (Fsp3) is 0.538. The smallest absolute Gasteiger partial charge is 0.208 e. The molecule has 1 aromatic carbocycles. The summed E-state index contributed by atoms with van der Waals surface area (Å²) < 4.78 is 27.0. The Kier molecular flexibility index (Phi) is 4.71. The molecule has 0 aliphatic carbocycles. The van der Waals surface area contributed by atoms with Gasteiger partial charge in [0.25, 0.3) is 0 Å². The van der Waals surface area contributed by atoms with E-state index in [1.54, 1.807) is 12.1 Å². The van der Waals surface area contributed by atoms with Crippen molar-refractivity contribution in [2.75, 3.05) is 0 Å². The summed E-state index contributed by atoms with van der Waals surface area (Å²) in [6.45, 7) is 7.87. The van der Waals surface area contributed by atoms with Crippen LogP contribution in [0.25, 0.3) is 0 Å². The van der Waals surface area contributed by atoms with Crippen LogP contribution in [-0.4, -0.2) is 14.5 Å². The molecule has 0 spiro atoms. The number of hydrogen-bond donors (Lipinski definition) is 1. The maximum absolute atomic E-state index is 12.1. The Morgan fingerprint density at radius 3 is 2.29 bits per heavy atom. The first kappa shape index (κ1) is 14.2. The van der Waals surface area contributed by atoms with Crippen molar-refractivity contribution in [3.8, 4) is 0 Å². The zero-order valence-corrected chi connectivity index (χ0v) is 11.7. The highest BCUT2D eigenvalue weighted by Crippen LogP contribution is 2.15. The zero-order valence-electron chi connectivity index (χ0n) is 10.9. The molecule has 0 aliphatic heterocycles. The summed E-state index contributed by atoms with van der Waals surface area (Å²) in [6, 6.07) is 6.99. The first-order valence-electron chi connectivity index (χ1n) is 5.91. The number of hydrogen-bond acceptors (Lipinski definition) is 2. The van der Waals surface area contributed by atoms with Crippen LogP contribution in [-0.2, 0) is 10.0 Å². The lowest BCUT2D eigenvalue weighted by Gasteiger charge is -2.17. The molecule has 0 amide bonds. The van der Waals surface area contributed by atoms with Crippen molar-refractivity contribution < 1.29 is 8.42 Å². The summed E-state index contributed by atoms with van der Waals surface area (Å²) >= 11 is 0. The first-order valence-corrected chi connectivity index (χ1v) is 7.39. The SMILES string of the molecule is Cc1ccccc1S(=O)(=O)N[C@@H](C)CC(C)C.